The molecule has 4 N–H and O–H groups in total. The third-order valence-corrected chi connectivity index (χ3v) is 8.59. The molecule has 1 aliphatic carbocycles. The molecule has 0 bridgehead atoms. The summed E-state index contributed by atoms with van der Waals surface area (Å²) in [5.41, 5.74) is 0.811. The summed E-state index contributed by atoms with van der Waals surface area (Å²) in [7, 11) is 0. The lowest BCUT2D eigenvalue weighted by Gasteiger charge is -2.27. The van der Waals surface area contributed by atoms with Crippen LogP contribution in [0, 0.1) is 5.92 Å². The summed E-state index contributed by atoms with van der Waals surface area (Å²) in [6.45, 7) is 6.31. The fourth-order valence-corrected chi connectivity index (χ4v) is 5.88. The third-order valence-electron chi connectivity index (χ3n) is 8.59. The van der Waals surface area contributed by atoms with Gasteiger partial charge in [-0.25, -0.2) is 0 Å². The van der Waals surface area contributed by atoms with Crippen molar-refractivity contribution in [3.8, 4) is 0 Å². The quantitative estimate of drug-likeness (QED) is 0.253. The number of hydrogen-bond donors (Lipinski definition) is 4. The number of H-pyrrole nitrogens is 1. The molecule has 12 nitrogen and oxygen atoms in total. The SMILES string of the molecule is CC(NC(=O)CN1CCOCC1)C(=O)NC(Cc1ccc2[nH]ncc2c1)C(=O)NC(CC1CCCC1)C(=O)C1(C)CO1. The van der Waals surface area contributed by atoms with Gasteiger partial charge in [0.1, 0.15) is 17.7 Å². The van der Waals surface area contributed by atoms with Crippen LogP contribution in [-0.2, 0) is 35.1 Å². The summed E-state index contributed by atoms with van der Waals surface area (Å²) in [6.07, 6.45) is 6.76. The van der Waals surface area contributed by atoms with E-state index >= 15 is 0 Å². The van der Waals surface area contributed by atoms with Crippen molar-refractivity contribution in [1.29, 1.82) is 0 Å². The van der Waals surface area contributed by atoms with E-state index < -0.39 is 35.5 Å². The van der Waals surface area contributed by atoms with Gasteiger partial charge >= 0.3 is 0 Å². The number of ketones is 1. The van der Waals surface area contributed by atoms with Crippen molar-refractivity contribution in [2.45, 2.75) is 76.1 Å². The second kappa shape index (κ2) is 13.3. The number of hydrogen-bond acceptors (Lipinski definition) is 8. The van der Waals surface area contributed by atoms with Gasteiger partial charge in [0.05, 0.1) is 44.1 Å². The molecule has 2 aliphatic heterocycles. The van der Waals surface area contributed by atoms with Crippen molar-refractivity contribution in [3.63, 3.8) is 0 Å². The summed E-state index contributed by atoms with van der Waals surface area (Å²) in [5.74, 6) is -0.962. The molecule has 3 amide bonds. The number of nitrogens with zero attached hydrogens (tertiary/aromatic N) is 2. The van der Waals surface area contributed by atoms with Gasteiger partial charge in [-0.15, -0.1) is 0 Å². The van der Waals surface area contributed by atoms with Crippen LogP contribution in [0.15, 0.2) is 24.4 Å². The number of aromatic amines is 1. The largest absolute Gasteiger partial charge is 0.379 e. The molecule has 0 spiro atoms. The molecule has 12 heteroatoms. The Morgan fingerprint density at radius 2 is 1.79 bits per heavy atom. The lowest BCUT2D eigenvalue weighted by Crippen LogP contribution is -2.57. The summed E-state index contributed by atoms with van der Waals surface area (Å²) >= 11 is 0. The summed E-state index contributed by atoms with van der Waals surface area (Å²) in [5, 5.41) is 16.4. The van der Waals surface area contributed by atoms with Gasteiger partial charge in [0.2, 0.25) is 17.7 Å². The lowest BCUT2D eigenvalue weighted by molar-refractivity contribution is -0.134. The molecule has 3 fully saturated rings. The summed E-state index contributed by atoms with van der Waals surface area (Å²) in [4.78, 5) is 55.0. The summed E-state index contributed by atoms with van der Waals surface area (Å²) < 4.78 is 10.8. The Bertz CT molecular complexity index is 1280. The zero-order chi connectivity index (χ0) is 29.7. The Labute approximate surface area is 245 Å². The maximum absolute atomic E-state index is 13.8. The molecule has 2 saturated heterocycles. The molecule has 1 aromatic heterocycles. The third kappa shape index (κ3) is 7.73. The van der Waals surface area contributed by atoms with E-state index in [9.17, 15) is 19.2 Å². The van der Waals surface area contributed by atoms with E-state index in [1.165, 1.54) is 0 Å². The number of epoxide rings is 1. The first kappa shape index (κ1) is 30.1. The fourth-order valence-electron chi connectivity index (χ4n) is 5.88. The maximum atomic E-state index is 13.8. The van der Waals surface area contributed by atoms with Crippen LogP contribution < -0.4 is 16.0 Å². The Balaban J connectivity index is 1.28. The van der Waals surface area contributed by atoms with Gasteiger partial charge in [-0.2, -0.15) is 5.10 Å². The number of carbonyl (C=O) groups excluding carboxylic acids is 4. The number of aromatic nitrogens is 2. The van der Waals surface area contributed by atoms with Gasteiger partial charge in [-0.05, 0) is 43.9 Å². The molecule has 1 aromatic carbocycles. The van der Waals surface area contributed by atoms with Crippen LogP contribution in [0.4, 0.5) is 0 Å². The average molecular weight is 583 g/mol. The first-order chi connectivity index (χ1) is 20.2. The topological polar surface area (TPSA) is 158 Å². The molecule has 228 valence electrons. The minimum atomic E-state index is -0.966. The Hall–Kier alpha value is -3.35. The van der Waals surface area contributed by atoms with Crippen molar-refractivity contribution in [1.82, 2.24) is 31.0 Å². The molecule has 0 radical (unpaired) electrons. The number of fused-ring (bicyclic) bond motifs is 1. The van der Waals surface area contributed by atoms with E-state index in [1.807, 2.05) is 23.1 Å². The van der Waals surface area contributed by atoms with Gasteiger partial charge < -0.3 is 25.4 Å². The second-order valence-corrected chi connectivity index (χ2v) is 12.1. The maximum Gasteiger partial charge on any atom is 0.243 e. The Kier molecular flexibility index (Phi) is 9.54. The number of carbonyl (C=O) groups is 4. The fraction of sp³-hybridized carbons (Fsp3) is 0.633. The van der Waals surface area contributed by atoms with Crippen molar-refractivity contribution in [2.75, 3.05) is 39.5 Å². The monoisotopic (exact) mass is 582 g/mol. The molecular formula is C30H42N6O6. The van der Waals surface area contributed by atoms with E-state index in [0.717, 1.165) is 42.1 Å². The number of Topliss-reactive ketones (excluding diaryl/α,β-unsaturated/α-hetero) is 1. The minimum Gasteiger partial charge on any atom is -0.379 e. The van der Waals surface area contributed by atoms with Crippen molar-refractivity contribution >= 4 is 34.4 Å². The molecular weight excluding hydrogens is 540 g/mol. The molecule has 4 unspecified atom stereocenters. The standard InChI is InChI=1S/C30H42N6O6/c1-19(32-26(37)17-36-9-11-41-12-10-36)28(39)34-25(15-21-7-8-23-22(13-21)16-31-35-23)29(40)33-24(14-20-5-3-4-6-20)27(38)30(2)18-42-30/h7-8,13,16,19-20,24-25H,3-6,9-12,14-15,17-18H2,1-2H3,(H,31,35)(H,32,37)(H,33,40)(H,34,39). The van der Waals surface area contributed by atoms with E-state index in [4.69, 9.17) is 9.47 Å². The Morgan fingerprint density at radius 1 is 1.07 bits per heavy atom. The first-order valence-electron chi connectivity index (χ1n) is 15.0. The highest BCUT2D eigenvalue weighted by Gasteiger charge is 2.50. The number of amides is 3. The van der Waals surface area contributed by atoms with Crippen LogP contribution in [0.1, 0.15) is 51.5 Å². The van der Waals surface area contributed by atoms with Crippen molar-refractivity contribution in [3.05, 3.63) is 30.0 Å². The smallest absolute Gasteiger partial charge is 0.243 e. The van der Waals surface area contributed by atoms with Gasteiger partial charge in [0.25, 0.3) is 0 Å². The van der Waals surface area contributed by atoms with E-state index in [2.05, 4.69) is 26.1 Å². The van der Waals surface area contributed by atoms with Gasteiger partial charge in [0.15, 0.2) is 5.78 Å². The molecule has 2 aromatic rings. The molecule has 1 saturated carbocycles. The molecule has 3 aliphatic rings. The van der Waals surface area contributed by atoms with Crippen molar-refractivity contribution in [2.24, 2.45) is 5.92 Å². The first-order valence-corrected chi connectivity index (χ1v) is 15.0. The number of rotatable bonds is 13. The predicted molar refractivity (Wildman–Crippen MR) is 154 cm³/mol. The zero-order valence-corrected chi connectivity index (χ0v) is 24.4. The van der Waals surface area contributed by atoms with Crippen LogP contribution in [0.5, 0.6) is 0 Å². The Morgan fingerprint density at radius 3 is 2.50 bits per heavy atom. The van der Waals surface area contributed by atoms with E-state index in [0.29, 0.717) is 45.2 Å². The van der Waals surface area contributed by atoms with Gasteiger partial charge in [0, 0.05) is 24.9 Å². The predicted octanol–water partition coefficient (Wildman–Crippen LogP) is 0.850. The molecule has 42 heavy (non-hydrogen) atoms. The van der Waals surface area contributed by atoms with E-state index in [1.54, 1.807) is 20.0 Å². The molecule has 3 heterocycles. The minimum absolute atomic E-state index is 0.128. The molecule has 5 rings (SSSR count). The average Bonchev–Trinajstić information content (AvgIpc) is 3.32. The van der Waals surface area contributed by atoms with Gasteiger partial charge in [-0.1, -0.05) is 31.7 Å². The lowest BCUT2D eigenvalue weighted by atomic mass is 9.90. The number of ether oxygens (including phenoxy) is 2. The van der Waals surface area contributed by atoms with Crippen LogP contribution in [-0.4, -0.2) is 102 Å². The number of benzene rings is 1. The zero-order valence-electron chi connectivity index (χ0n) is 24.4. The van der Waals surface area contributed by atoms with Crippen LogP contribution in [0.3, 0.4) is 0 Å². The van der Waals surface area contributed by atoms with Crippen LogP contribution in [0.25, 0.3) is 10.9 Å². The highest BCUT2D eigenvalue weighted by Crippen LogP contribution is 2.33. The van der Waals surface area contributed by atoms with Crippen molar-refractivity contribution < 1.29 is 28.7 Å². The van der Waals surface area contributed by atoms with Gasteiger partial charge in [-0.3, -0.25) is 29.2 Å². The normalized spacial score (nSPS) is 23.2. The highest BCUT2D eigenvalue weighted by molar-refractivity contribution is 5.98. The highest BCUT2D eigenvalue weighted by atomic mass is 16.6. The molecule has 4 atom stereocenters. The number of nitrogens with one attached hydrogen (secondary N) is 4. The van der Waals surface area contributed by atoms with Crippen LogP contribution in [0.2, 0.25) is 0 Å². The van der Waals surface area contributed by atoms with E-state index in [-0.39, 0.29) is 24.7 Å². The second-order valence-electron chi connectivity index (χ2n) is 12.1. The number of morpholine rings is 1. The summed E-state index contributed by atoms with van der Waals surface area (Å²) in [6, 6.07) is 3.14. The van der Waals surface area contributed by atoms with Crippen LogP contribution >= 0.6 is 0 Å².